The first-order valence-electron chi connectivity index (χ1n) is 8.36. The highest BCUT2D eigenvalue weighted by Crippen LogP contribution is 2.22. The summed E-state index contributed by atoms with van der Waals surface area (Å²) in [5.74, 6) is 0.450. The summed E-state index contributed by atoms with van der Waals surface area (Å²) in [6, 6.07) is 6.78. The maximum absolute atomic E-state index is 12.3. The highest BCUT2D eigenvalue weighted by Gasteiger charge is 2.38. The maximum Gasteiger partial charge on any atom is 0.417 e. The van der Waals surface area contributed by atoms with Crippen LogP contribution >= 0.6 is 0 Å². The number of likely N-dealkylation sites (tertiary alicyclic amines) is 1. The minimum Gasteiger partial charge on any atom is -0.494 e. The zero-order valence-electron chi connectivity index (χ0n) is 14.1. The maximum atomic E-state index is 12.3. The summed E-state index contributed by atoms with van der Waals surface area (Å²) in [5.41, 5.74) is 0.689. The van der Waals surface area contributed by atoms with Crippen molar-refractivity contribution in [3.63, 3.8) is 0 Å². The van der Waals surface area contributed by atoms with Crippen molar-refractivity contribution >= 4 is 23.7 Å². The zero-order chi connectivity index (χ0) is 17.8. The summed E-state index contributed by atoms with van der Waals surface area (Å²) in [5, 5.41) is 2.84. The molecular weight excluding hydrogens is 326 g/mol. The Morgan fingerprint density at radius 1 is 1.24 bits per heavy atom. The Kier molecular flexibility index (Phi) is 5.06. The predicted octanol–water partition coefficient (Wildman–Crippen LogP) is 2.06. The number of hydrogen-bond donors (Lipinski definition) is 1. The fourth-order valence-electron chi connectivity index (χ4n) is 3.05. The molecule has 0 radical (unpaired) electrons. The highest BCUT2D eigenvalue weighted by molar-refractivity contribution is 5.98. The van der Waals surface area contributed by atoms with E-state index in [2.05, 4.69) is 5.32 Å². The van der Waals surface area contributed by atoms with Gasteiger partial charge in [0.15, 0.2) is 6.61 Å². The summed E-state index contributed by atoms with van der Waals surface area (Å²) in [7, 11) is 0. The van der Waals surface area contributed by atoms with Crippen molar-refractivity contribution in [2.24, 2.45) is 0 Å². The SMILES string of the molecule is CCOc1ccc(NC(=O)N2CCC(N3C(=O)COC3=O)CC2)cc1. The number of hydrogen-bond acceptors (Lipinski definition) is 5. The molecule has 2 aliphatic heterocycles. The van der Waals surface area contributed by atoms with Crippen LogP contribution in [-0.4, -0.2) is 60.2 Å². The van der Waals surface area contributed by atoms with Crippen molar-refractivity contribution < 1.29 is 23.9 Å². The first-order valence-corrected chi connectivity index (χ1v) is 8.36. The third-order valence-electron chi connectivity index (χ3n) is 4.32. The van der Waals surface area contributed by atoms with E-state index in [1.807, 2.05) is 6.92 Å². The number of carbonyl (C=O) groups excluding carboxylic acids is 3. The van der Waals surface area contributed by atoms with Gasteiger partial charge >= 0.3 is 12.1 Å². The number of urea groups is 1. The number of nitrogens with zero attached hydrogens (tertiary/aromatic N) is 2. The van der Waals surface area contributed by atoms with Crippen LogP contribution in [0.25, 0.3) is 0 Å². The summed E-state index contributed by atoms with van der Waals surface area (Å²) < 4.78 is 10.1. The molecule has 25 heavy (non-hydrogen) atoms. The molecular formula is C17H21N3O5. The Bertz CT molecular complexity index is 637. The Balaban J connectivity index is 1.51. The van der Waals surface area contributed by atoms with Crippen LogP contribution in [-0.2, 0) is 9.53 Å². The average molecular weight is 347 g/mol. The van der Waals surface area contributed by atoms with Gasteiger partial charge in [-0.1, -0.05) is 0 Å². The van der Waals surface area contributed by atoms with Crippen molar-refractivity contribution in [3.8, 4) is 5.75 Å². The van der Waals surface area contributed by atoms with Crippen LogP contribution in [0.2, 0.25) is 0 Å². The Labute approximate surface area is 145 Å². The molecule has 134 valence electrons. The lowest BCUT2D eigenvalue weighted by molar-refractivity contribution is -0.127. The van der Waals surface area contributed by atoms with E-state index in [4.69, 9.17) is 9.47 Å². The van der Waals surface area contributed by atoms with Crippen molar-refractivity contribution in [2.75, 3.05) is 31.6 Å². The van der Waals surface area contributed by atoms with Crippen molar-refractivity contribution in [1.29, 1.82) is 0 Å². The molecule has 2 aliphatic rings. The molecule has 1 N–H and O–H groups in total. The fourth-order valence-corrected chi connectivity index (χ4v) is 3.05. The molecule has 3 rings (SSSR count). The number of benzene rings is 1. The second kappa shape index (κ2) is 7.42. The van der Waals surface area contributed by atoms with E-state index in [0.29, 0.717) is 38.2 Å². The molecule has 8 nitrogen and oxygen atoms in total. The Morgan fingerprint density at radius 3 is 2.48 bits per heavy atom. The molecule has 0 bridgehead atoms. The Hall–Kier alpha value is -2.77. The number of nitrogens with one attached hydrogen (secondary N) is 1. The number of ether oxygens (including phenoxy) is 2. The molecule has 0 aromatic heterocycles. The van der Waals surface area contributed by atoms with E-state index in [9.17, 15) is 14.4 Å². The number of amides is 4. The molecule has 0 aliphatic carbocycles. The van der Waals surface area contributed by atoms with E-state index in [1.165, 1.54) is 4.90 Å². The molecule has 1 aromatic carbocycles. The molecule has 8 heteroatoms. The number of anilines is 1. The van der Waals surface area contributed by atoms with Gasteiger partial charge < -0.3 is 19.7 Å². The van der Waals surface area contributed by atoms with Crippen LogP contribution in [0.4, 0.5) is 15.3 Å². The smallest absolute Gasteiger partial charge is 0.417 e. The molecule has 2 saturated heterocycles. The monoisotopic (exact) mass is 347 g/mol. The lowest BCUT2D eigenvalue weighted by atomic mass is 10.0. The highest BCUT2D eigenvalue weighted by atomic mass is 16.6. The number of cyclic esters (lactones) is 1. The minimum atomic E-state index is -0.581. The molecule has 4 amide bonds. The summed E-state index contributed by atoms with van der Waals surface area (Å²) in [4.78, 5) is 38.5. The molecule has 0 spiro atoms. The second-order valence-electron chi connectivity index (χ2n) is 5.92. The molecule has 0 saturated carbocycles. The molecule has 1 aromatic rings. The normalized spacial score (nSPS) is 18.3. The standard InChI is InChI=1S/C17H21N3O5/c1-2-24-14-5-3-12(4-6-14)18-16(22)19-9-7-13(8-10-19)20-15(21)11-25-17(20)23/h3-6,13H,2,7-11H2,1H3,(H,18,22). The van der Waals surface area contributed by atoms with Gasteiger partial charge in [0.1, 0.15) is 5.75 Å². The summed E-state index contributed by atoms with van der Waals surface area (Å²) in [6.07, 6.45) is 0.525. The molecule has 2 heterocycles. The quantitative estimate of drug-likeness (QED) is 0.901. The van der Waals surface area contributed by atoms with Crippen LogP contribution in [0.15, 0.2) is 24.3 Å². The van der Waals surface area contributed by atoms with Crippen LogP contribution in [0.5, 0.6) is 5.75 Å². The first-order chi connectivity index (χ1) is 12.1. The van der Waals surface area contributed by atoms with E-state index in [0.717, 1.165) is 5.75 Å². The third-order valence-corrected chi connectivity index (χ3v) is 4.32. The third kappa shape index (κ3) is 3.84. The average Bonchev–Trinajstić information content (AvgIpc) is 2.95. The van der Waals surface area contributed by atoms with E-state index in [1.54, 1.807) is 29.2 Å². The van der Waals surface area contributed by atoms with Gasteiger partial charge in [-0.05, 0) is 44.0 Å². The largest absolute Gasteiger partial charge is 0.494 e. The van der Waals surface area contributed by atoms with Crippen LogP contribution in [0, 0.1) is 0 Å². The van der Waals surface area contributed by atoms with Gasteiger partial charge in [-0.25, -0.2) is 14.5 Å². The molecule has 2 fully saturated rings. The predicted molar refractivity (Wildman–Crippen MR) is 89.4 cm³/mol. The minimum absolute atomic E-state index is 0.183. The van der Waals surface area contributed by atoms with Gasteiger partial charge in [0.2, 0.25) is 0 Å². The summed E-state index contributed by atoms with van der Waals surface area (Å²) >= 11 is 0. The van der Waals surface area contributed by atoms with E-state index < -0.39 is 6.09 Å². The fraction of sp³-hybridized carbons (Fsp3) is 0.471. The van der Waals surface area contributed by atoms with E-state index in [-0.39, 0.29) is 24.6 Å². The van der Waals surface area contributed by atoms with Crippen LogP contribution in [0.3, 0.4) is 0 Å². The first kappa shape index (κ1) is 17.1. The van der Waals surface area contributed by atoms with Gasteiger partial charge in [0, 0.05) is 24.8 Å². The number of rotatable bonds is 4. The van der Waals surface area contributed by atoms with Gasteiger partial charge in [-0.2, -0.15) is 0 Å². The van der Waals surface area contributed by atoms with Crippen LogP contribution in [0.1, 0.15) is 19.8 Å². The Morgan fingerprint density at radius 2 is 1.92 bits per heavy atom. The van der Waals surface area contributed by atoms with Crippen molar-refractivity contribution in [3.05, 3.63) is 24.3 Å². The van der Waals surface area contributed by atoms with Crippen molar-refractivity contribution in [1.82, 2.24) is 9.80 Å². The lowest BCUT2D eigenvalue weighted by Gasteiger charge is -2.34. The van der Waals surface area contributed by atoms with Gasteiger partial charge in [-0.3, -0.25) is 4.79 Å². The lowest BCUT2D eigenvalue weighted by Crippen LogP contribution is -2.49. The number of carbonyl (C=O) groups is 3. The van der Waals surface area contributed by atoms with Gasteiger partial charge in [-0.15, -0.1) is 0 Å². The van der Waals surface area contributed by atoms with Crippen LogP contribution < -0.4 is 10.1 Å². The zero-order valence-corrected chi connectivity index (χ0v) is 14.1. The topological polar surface area (TPSA) is 88.2 Å². The molecule has 0 atom stereocenters. The van der Waals surface area contributed by atoms with E-state index >= 15 is 0 Å². The van der Waals surface area contributed by atoms with Crippen molar-refractivity contribution in [2.45, 2.75) is 25.8 Å². The van der Waals surface area contributed by atoms with Gasteiger partial charge in [0.25, 0.3) is 5.91 Å². The number of imide groups is 1. The number of piperidine rings is 1. The molecule has 0 unspecified atom stereocenters. The second-order valence-corrected chi connectivity index (χ2v) is 5.92. The van der Waals surface area contributed by atoms with Gasteiger partial charge in [0.05, 0.1) is 6.61 Å². The summed E-state index contributed by atoms with van der Waals surface area (Å²) in [6.45, 7) is 3.27.